The van der Waals surface area contributed by atoms with Crippen LogP contribution in [0.4, 0.5) is 14.9 Å². The maximum absolute atomic E-state index is 13.9. The summed E-state index contributed by atoms with van der Waals surface area (Å²) in [7, 11) is 1.46. The van der Waals surface area contributed by atoms with Crippen molar-refractivity contribution in [3.8, 4) is 11.5 Å². The number of hydrogen-bond donors (Lipinski definition) is 0. The van der Waals surface area contributed by atoms with Gasteiger partial charge in [-0.15, -0.1) is 0 Å². The van der Waals surface area contributed by atoms with E-state index in [1.807, 2.05) is 0 Å². The van der Waals surface area contributed by atoms with Crippen LogP contribution in [0.5, 0.6) is 11.5 Å². The average molecular weight is 620 g/mol. The van der Waals surface area contributed by atoms with E-state index in [2.05, 4.69) is 22.6 Å². The first kappa shape index (κ1) is 25.6. The fraction of sp³-hybridized carbons (Fsp3) is 0.120. The third-order valence-electron chi connectivity index (χ3n) is 5.27. The van der Waals surface area contributed by atoms with Gasteiger partial charge in [-0.25, -0.2) is 4.39 Å². The van der Waals surface area contributed by atoms with Crippen molar-refractivity contribution < 1.29 is 28.4 Å². The Balaban J connectivity index is 1.56. The van der Waals surface area contributed by atoms with E-state index in [4.69, 9.17) is 9.47 Å². The Kier molecular flexibility index (Phi) is 7.89. The number of carbonyl (C=O) groups excluding carboxylic acids is 2. The lowest BCUT2D eigenvalue weighted by Crippen LogP contribution is -2.27. The van der Waals surface area contributed by atoms with E-state index in [1.165, 1.54) is 31.4 Å². The van der Waals surface area contributed by atoms with E-state index < -0.39 is 16.1 Å². The van der Waals surface area contributed by atoms with Crippen LogP contribution in [0.2, 0.25) is 0 Å². The molecule has 184 valence electrons. The normalized spacial score (nSPS) is 14.4. The molecule has 0 saturated carbocycles. The summed E-state index contributed by atoms with van der Waals surface area (Å²) in [6, 6.07) is 15.7. The van der Waals surface area contributed by atoms with Gasteiger partial charge in [0.2, 0.25) is 0 Å². The summed E-state index contributed by atoms with van der Waals surface area (Å²) in [5.41, 5.74) is 1.09. The van der Waals surface area contributed by atoms with E-state index in [-0.39, 0.29) is 35.1 Å². The quantitative estimate of drug-likeness (QED) is 0.129. The van der Waals surface area contributed by atoms with E-state index in [1.54, 1.807) is 42.5 Å². The van der Waals surface area contributed by atoms with Crippen molar-refractivity contribution in [2.24, 2.45) is 0 Å². The number of para-hydroxylation sites is 1. The smallest absolute Gasteiger partial charge is 0.293 e. The van der Waals surface area contributed by atoms with Crippen molar-refractivity contribution in [1.29, 1.82) is 0 Å². The highest BCUT2D eigenvalue weighted by Gasteiger charge is 2.36. The molecule has 0 aromatic heterocycles. The molecule has 3 aromatic rings. The Labute approximate surface area is 223 Å². The van der Waals surface area contributed by atoms with Crippen molar-refractivity contribution >= 4 is 57.3 Å². The third-order valence-corrected chi connectivity index (χ3v) is 6.98. The molecule has 0 unspecified atom stereocenters. The molecule has 1 saturated heterocycles. The lowest BCUT2D eigenvalue weighted by atomic mass is 10.1. The molecule has 36 heavy (non-hydrogen) atoms. The summed E-state index contributed by atoms with van der Waals surface area (Å²) >= 11 is 2.81. The van der Waals surface area contributed by atoms with Crippen LogP contribution < -0.4 is 9.47 Å². The Morgan fingerprint density at radius 2 is 1.81 bits per heavy atom. The van der Waals surface area contributed by atoms with Crippen molar-refractivity contribution in [3.05, 3.63) is 102 Å². The molecule has 8 nitrogen and oxygen atoms in total. The lowest BCUT2D eigenvalue weighted by Gasteiger charge is -2.14. The van der Waals surface area contributed by atoms with Crippen molar-refractivity contribution in [3.63, 3.8) is 0 Å². The van der Waals surface area contributed by atoms with Gasteiger partial charge in [0.1, 0.15) is 12.4 Å². The summed E-state index contributed by atoms with van der Waals surface area (Å²) in [5, 5.41) is 10.8. The Bertz CT molecular complexity index is 1400. The number of rotatable bonds is 8. The Morgan fingerprint density at radius 3 is 2.50 bits per heavy atom. The van der Waals surface area contributed by atoms with Gasteiger partial charge in [-0.1, -0.05) is 36.4 Å². The summed E-state index contributed by atoms with van der Waals surface area (Å²) in [5.74, 6) is -0.122. The highest BCUT2D eigenvalue weighted by Crippen LogP contribution is 2.38. The van der Waals surface area contributed by atoms with E-state index in [0.717, 1.165) is 16.7 Å². The predicted molar refractivity (Wildman–Crippen MR) is 141 cm³/mol. The van der Waals surface area contributed by atoms with Gasteiger partial charge in [0.05, 0.1) is 27.1 Å². The molecule has 1 aliphatic rings. The number of nitro groups is 1. The predicted octanol–water partition coefficient (Wildman–Crippen LogP) is 6.16. The standard InChI is InChI=1S/C25H18FIN2O6S/c1-34-21-11-15(10-19(27)23(21)35-14-17-7-2-4-8-18(17)26)12-22-24(30)28(25(31)36-22)13-16-6-3-5-9-20(16)29(32)33/h2-12H,13-14H2,1H3/b22-12+. The summed E-state index contributed by atoms with van der Waals surface area (Å²) in [6.45, 7) is -0.203. The first-order valence-corrected chi connectivity index (χ1v) is 12.4. The van der Waals surface area contributed by atoms with Crippen LogP contribution in [0.3, 0.4) is 0 Å². The van der Waals surface area contributed by atoms with Gasteiger partial charge in [-0.2, -0.15) is 0 Å². The molecule has 4 rings (SSSR count). The van der Waals surface area contributed by atoms with Gasteiger partial charge in [0, 0.05) is 17.2 Å². The van der Waals surface area contributed by atoms with Crippen LogP contribution in [-0.4, -0.2) is 28.1 Å². The molecule has 1 fully saturated rings. The summed E-state index contributed by atoms with van der Waals surface area (Å²) in [4.78, 5) is 37.4. The third kappa shape index (κ3) is 5.51. The molecular weight excluding hydrogens is 602 g/mol. The van der Waals surface area contributed by atoms with Gasteiger partial charge < -0.3 is 9.47 Å². The largest absolute Gasteiger partial charge is 0.493 e. The van der Waals surface area contributed by atoms with Crippen LogP contribution in [-0.2, 0) is 17.9 Å². The fourth-order valence-corrected chi connectivity index (χ4v) is 5.13. The molecule has 0 atom stereocenters. The molecule has 0 N–H and O–H groups in total. The monoisotopic (exact) mass is 620 g/mol. The molecular formula is C25H18FIN2O6S. The van der Waals surface area contributed by atoms with Gasteiger partial charge >= 0.3 is 0 Å². The Hall–Kier alpha value is -3.45. The zero-order valence-corrected chi connectivity index (χ0v) is 21.7. The van der Waals surface area contributed by atoms with Crippen LogP contribution in [0.15, 0.2) is 65.6 Å². The molecule has 3 aromatic carbocycles. The zero-order chi connectivity index (χ0) is 25.8. The van der Waals surface area contributed by atoms with Crippen LogP contribution in [0.25, 0.3) is 6.08 Å². The second-order valence-electron chi connectivity index (χ2n) is 7.57. The van der Waals surface area contributed by atoms with E-state index >= 15 is 0 Å². The van der Waals surface area contributed by atoms with Gasteiger partial charge in [0.25, 0.3) is 16.8 Å². The number of amides is 2. The number of carbonyl (C=O) groups is 2. The van der Waals surface area contributed by atoms with Gasteiger partial charge in [0.15, 0.2) is 11.5 Å². The van der Waals surface area contributed by atoms with E-state index in [0.29, 0.717) is 26.2 Å². The molecule has 1 aliphatic heterocycles. The molecule has 11 heteroatoms. The van der Waals surface area contributed by atoms with Crippen molar-refractivity contribution in [2.75, 3.05) is 7.11 Å². The van der Waals surface area contributed by atoms with Crippen molar-refractivity contribution in [1.82, 2.24) is 4.90 Å². The summed E-state index contributed by atoms with van der Waals surface area (Å²) < 4.78 is 25.9. The zero-order valence-electron chi connectivity index (χ0n) is 18.8. The topological polar surface area (TPSA) is 99.0 Å². The molecule has 2 amide bonds. The first-order chi connectivity index (χ1) is 17.3. The highest BCUT2D eigenvalue weighted by molar-refractivity contribution is 14.1. The number of hydrogen-bond acceptors (Lipinski definition) is 7. The highest BCUT2D eigenvalue weighted by atomic mass is 127. The van der Waals surface area contributed by atoms with Crippen molar-refractivity contribution in [2.45, 2.75) is 13.2 Å². The van der Waals surface area contributed by atoms with Gasteiger partial charge in [-0.05, 0) is 64.2 Å². The SMILES string of the molecule is COc1cc(/C=C2/SC(=O)N(Cc3ccccc3[N+](=O)[O-])C2=O)cc(I)c1OCc1ccccc1F. The maximum atomic E-state index is 13.9. The molecule has 0 bridgehead atoms. The fourth-order valence-electron chi connectivity index (χ4n) is 3.51. The first-order valence-electron chi connectivity index (χ1n) is 10.5. The number of ether oxygens (including phenoxy) is 2. The second-order valence-corrected chi connectivity index (χ2v) is 9.72. The minimum absolute atomic E-state index is 0.00287. The van der Waals surface area contributed by atoms with Gasteiger partial charge in [-0.3, -0.25) is 24.6 Å². The van der Waals surface area contributed by atoms with Crippen LogP contribution in [0.1, 0.15) is 16.7 Å². The number of methoxy groups -OCH3 is 1. The molecule has 0 spiro atoms. The second kappa shape index (κ2) is 11.1. The number of benzene rings is 3. The minimum Gasteiger partial charge on any atom is -0.493 e. The number of nitro benzene ring substituents is 1. The average Bonchev–Trinajstić information content (AvgIpc) is 3.11. The number of nitrogens with zero attached hydrogens (tertiary/aromatic N) is 2. The molecule has 0 aliphatic carbocycles. The van der Waals surface area contributed by atoms with E-state index in [9.17, 15) is 24.1 Å². The number of thioether (sulfide) groups is 1. The molecule has 1 heterocycles. The summed E-state index contributed by atoms with van der Waals surface area (Å²) in [6.07, 6.45) is 1.55. The van der Waals surface area contributed by atoms with Crippen LogP contribution in [0, 0.1) is 19.5 Å². The number of imide groups is 1. The lowest BCUT2D eigenvalue weighted by molar-refractivity contribution is -0.385. The Morgan fingerprint density at radius 1 is 1.11 bits per heavy atom. The number of halogens is 2. The molecule has 0 radical (unpaired) electrons. The maximum Gasteiger partial charge on any atom is 0.293 e. The minimum atomic E-state index is -0.547. The van der Waals surface area contributed by atoms with Crippen LogP contribution >= 0.6 is 34.4 Å².